The lowest BCUT2D eigenvalue weighted by molar-refractivity contribution is -0.131. The third-order valence-electron chi connectivity index (χ3n) is 6.09. The predicted octanol–water partition coefficient (Wildman–Crippen LogP) is 2.10. The smallest absolute Gasteiger partial charge is 0.227 e. The second-order valence-corrected chi connectivity index (χ2v) is 8.06. The Morgan fingerprint density at radius 3 is 2.93 bits per heavy atom. The molecule has 2 atom stereocenters. The Balaban J connectivity index is 1.23. The Hall–Kier alpha value is -1.66. The summed E-state index contributed by atoms with van der Waals surface area (Å²) in [5, 5.41) is 6.76. The minimum absolute atomic E-state index is 0.0264. The molecule has 2 heterocycles. The van der Waals surface area contributed by atoms with E-state index in [0.717, 1.165) is 44.9 Å². The van der Waals surface area contributed by atoms with Crippen LogP contribution in [-0.4, -0.2) is 55.7 Å². The van der Waals surface area contributed by atoms with Gasteiger partial charge in [0.25, 0.3) is 0 Å². The van der Waals surface area contributed by atoms with Crippen LogP contribution in [0.15, 0.2) is 18.2 Å². The second-order valence-electron chi connectivity index (χ2n) is 8.06. The largest absolute Gasteiger partial charge is 0.493 e. The molecule has 3 fully saturated rings. The highest BCUT2D eigenvalue weighted by atomic mass is 19.1. The van der Waals surface area contributed by atoms with E-state index in [4.69, 9.17) is 4.74 Å². The summed E-state index contributed by atoms with van der Waals surface area (Å²) in [5.74, 6) is 1.02. The van der Waals surface area contributed by atoms with Crippen molar-refractivity contribution < 1.29 is 13.9 Å². The highest BCUT2D eigenvalue weighted by Gasteiger charge is 2.45. The molecule has 0 radical (unpaired) electrons. The van der Waals surface area contributed by atoms with Crippen LogP contribution in [-0.2, 0) is 11.2 Å². The Labute approximate surface area is 160 Å². The third kappa shape index (κ3) is 4.79. The minimum Gasteiger partial charge on any atom is -0.493 e. The summed E-state index contributed by atoms with van der Waals surface area (Å²) >= 11 is 0. The van der Waals surface area contributed by atoms with Gasteiger partial charge in [-0.1, -0.05) is 6.07 Å². The molecule has 1 amide bonds. The third-order valence-corrected chi connectivity index (χ3v) is 6.09. The molecule has 3 aliphatic rings. The van der Waals surface area contributed by atoms with E-state index < -0.39 is 0 Å². The number of amides is 1. The van der Waals surface area contributed by atoms with E-state index in [-0.39, 0.29) is 18.1 Å². The fourth-order valence-electron chi connectivity index (χ4n) is 4.35. The van der Waals surface area contributed by atoms with Gasteiger partial charge in [0.15, 0.2) is 0 Å². The highest BCUT2D eigenvalue weighted by molar-refractivity contribution is 5.80. The summed E-state index contributed by atoms with van der Waals surface area (Å²) < 4.78 is 20.1. The number of benzene rings is 1. The van der Waals surface area contributed by atoms with E-state index in [1.807, 2.05) is 4.90 Å². The molecule has 0 bridgehead atoms. The van der Waals surface area contributed by atoms with Crippen molar-refractivity contribution >= 4 is 5.91 Å². The van der Waals surface area contributed by atoms with Gasteiger partial charge < -0.3 is 20.3 Å². The van der Waals surface area contributed by atoms with Crippen molar-refractivity contribution in [3.05, 3.63) is 29.6 Å². The predicted molar refractivity (Wildman–Crippen MR) is 102 cm³/mol. The standard InChI is InChI=1S/C21H30FN3O2/c22-18-13-17(27-11-1-2-15-5-7-23-8-6-15)4-3-16(18)12-21(26)25-10-9-24-19-14-20(19)25/h3-4,13,15,19-20,23-24H,1-2,5-12,14H2. The lowest BCUT2D eigenvalue weighted by atomic mass is 9.93. The van der Waals surface area contributed by atoms with Gasteiger partial charge in [-0.05, 0) is 62.7 Å². The second kappa shape index (κ2) is 8.57. The maximum Gasteiger partial charge on any atom is 0.227 e. The van der Waals surface area contributed by atoms with Crippen LogP contribution >= 0.6 is 0 Å². The first kappa shape index (κ1) is 18.7. The van der Waals surface area contributed by atoms with Gasteiger partial charge in [-0.3, -0.25) is 4.79 Å². The molecular formula is C21H30FN3O2. The molecule has 2 aliphatic heterocycles. The molecule has 1 aliphatic carbocycles. The number of piperazine rings is 1. The van der Waals surface area contributed by atoms with E-state index >= 15 is 0 Å². The maximum absolute atomic E-state index is 14.4. The van der Waals surface area contributed by atoms with Crippen molar-refractivity contribution in [2.45, 2.75) is 50.6 Å². The molecule has 2 unspecified atom stereocenters. The molecule has 0 spiro atoms. The van der Waals surface area contributed by atoms with Gasteiger partial charge >= 0.3 is 0 Å². The van der Waals surface area contributed by atoms with Crippen LogP contribution in [0.4, 0.5) is 4.39 Å². The van der Waals surface area contributed by atoms with Gasteiger partial charge in [0.05, 0.1) is 13.0 Å². The summed E-state index contributed by atoms with van der Waals surface area (Å²) in [7, 11) is 0. The Morgan fingerprint density at radius 2 is 2.11 bits per heavy atom. The molecule has 4 rings (SSSR count). The number of halogens is 1. The van der Waals surface area contributed by atoms with Gasteiger partial charge in [-0.2, -0.15) is 0 Å². The first-order valence-electron chi connectivity index (χ1n) is 10.4. The molecule has 5 nitrogen and oxygen atoms in total. The van der Waals surface area contributed by atoms with E-state index in [9.17, 15) is 9.18 Å². The molecule has 1 saturated carbocycles. The number of piperidine rings is 1. The summed E-state index contributed by atoms with van der Waals surface area (Å²) in [6.07, 6.45) is 5.81. The van der Waals surface area contributed by atoms with Gasteiger partial charge in [0.1, 0.15) is 11.6 Å². The molecule has 148 valence electrons. The minimum atomic E-state index is -0.346. The average Bonchev–Trinajstić information content (AvgIpc) is 3.48. The summed E-state index contributed by atoms with van der Waals surface area (Å²) in [6, 6.07) is 5.67. The van der Waals surface area contributed by atoms with E-state index in [1.165, 1.54) is 25.3 Å². The van der Waals surface area contributed by atoms with Gasteiger partial charge in [-0.25, -0.2) is 4.39 Å². The van der Waals surface area contributed by atoms with Gasteiger partial charge in [-0.15, -0.1) is 0 Å². The number of fused-ring (bicyclic) bond motifs is 1. The molecule has 27 heavy (non-hydrogen) atoms. The van der Waals surface area contributed by atoms with Crippen LogP contribution < -0.4 is 15.4 Å². The van der Waals surface area contributed by atoms with Crippen LogP contribution in [0.5, 0.6) is 5.75 Å². The van der Waals surface area contributed by atoms with Crippen molar-refractivity contribution in [1.82, 2.24) is 15.5 Å². The number of ether oxygens (including phenoxy) is 1. The molecule has 6 heteroatoms. The fourth-order valence-corrected chi connectivity index (χ4v) is 4.35. The van der Waals surface area contributed by atoms with Crippen molar-refractivity contribution in [1.29, 1.82) is 0 Å². The Kier molecular flexibility index (Phi) is 5.93. The zero-order chi connectivity index (χ0) is 18.6. The normalized spacial score (nSPS) is 25.1. The number of nitrogens with one attached hydrogen (secondary N) is 2. The fraction of sp³-hybridized carbons (Fsp3) is 0.667. The number of carbonyl (C=O) groups is 1. The summed E-state index contributed by atoms with van der Waals surface area (Å²) in [4.78, 5) is 14.4. The molecule has 2 N–H and O–H groups in total. The lowest BCUT2D eigenvalue weighted by Gasteiger charge is -2.27. The summed E-state index contributed by atoms with van der Waals surface area (Å²) in [6.45, 7) is 4.41. The van der Waals surface area contributed by atoms with Crippen LogP contribution in [0, 0.1) is 11.7 Å². The zero-order valence-electron chi connectivity index (χ0n) is 15.9. The van der Waals surface area contributed by atoms with Crippen molar-refractivity contribution in [2.75, 3.05) is 32.8 Å². The number of hydrogen-bond acceptors (Lipinski definition) is 4. The van der Waals surface area contributed by atoms with Crippen LogP contribution in [0.25, 0.3) is 0 Å². The summed E-state index contributed by atoms with van der Waals surface area (Å²) in [5.41, 5.74) is 0.456. The lowest BCUT2D eigenvalue weighted by Crippen LogP contribution is -2.47. The SMILES string of the molecule is O=C(Cc1ccc(OCCCC2CCNCC2)cc1F)N1CCNC2CC21. The van der Waals surface area contributed by atoms with E-state index in [1.54, 1.807) is 12.1 Å². The van der Waals surface area contributed by atoms with Crippen LogP contribution in [0.1, 0.15) is 37.7 Å². The van der Waals surface area contributed by atoms with Crippen LogP contribution in [0.3, 0.4) is 0 Å². The van der Waals surface area contributed by atoms with Crippen molar-refractivity contribution in [2.24, 2.45) is 5.92 Å². The highest BCUT2D eigenvalue weighted by Crippen LogP contribution is 2.31. The topological polar surface area (TPSA) is 53.6 Å². The van der Waals surface area contributed by atoms with E-state index in [0.29, 0.717) is 30.0 Å². The number of rotatable bonds is 7. The molecule has 0 aromatic heterocycles. The van der Waals surface area contributed by atoms with Gasteiger partial charge in [0.2, 0.25) is 5.91 Å². The number of carbonyl (C=O) groups excluding carboxylic acids is 1. The Bertz CT molecular complexity index is 663. The zero-order valence-corrected chi connectivity index (χ0v) is 15.9. The van der Waals surface area contributed by atoms with Gasteiger partial charge in [0, 0.05) is 31.2 Å². The molecular weight excluding hydrogens is 345 g/mol. The monoisotopic (exact) mass is 375 g/mol. The molecule has 1 aromatic carbocycles. The Morgan fingerprint density at radius 1 is 1.26 bits per heavy atom. The average molecular weight is 375 g/mol. The molecule has 2 saturated heterocycles. The van der Waals surface area contributed by atoms with Crippen molar-refractivity contribution in [3.63, 3.8) is 0 Å². The molecule has 1 aromatic rings. The number of hydrogen-bond donors (Lipinski definition) is 2. The first-order valence-corrected chi connectivity index (χ1v) is 10.4. The van der Waals surface area contributed by atoms with Crippen LogP contribution in [0.2, 0.25) is 0 Å². The van der Waals surface area contributed by atoms with Crippen molar-refractivity contribution in [3.8, 4) is 5.75 Å². The number of nitrogens with zero attached hydrogens (tertiary/aromatic N) is 1. The first-order chi connectivity index (χ1) is 13.2. The quantitative estimate of drug-likeness (QED) is 0.717. The van der Waals surface area contributed by atoms with E-state index in [2.05, 4.69) is 10.6 Å². The maximum atomic E-state index is 14.4.